The summed E-state index contributed by atoms with van der Waals surface area (Å²) >= 11 is 0. The second-order valence-electron chi connectivity index (χ2n) is 6.61. The van der Waals surface area contributed by atoms with E-state index in [0.29, 0.717) is 39.7 Å². The molecular weight excluding hydrogens is 384 g/mol. The summed E-state index contributed by atoms with van der Waals surface area (Å²) in [5.41, 5.74) is -1.11. The number of hydrogen-bond donors (Lipinski definition) is 1. The Morgan fingerprint density at radius 2 is 1.03 bits per heavy atom. The van der Waals surface area contributed by atoms with E-state index in [4.69, 9.17) is 18.9 Å². The maximum Gasteiger partial charge on any atom is 0.203 e. The van der Waals surface area contributed by atoms with Gasteiger partial charge in [0.1, 0.15) is 23.0 Å². The molecule has 0 atom stereocenters. The molecule has 6 heteroatoms. The second kappa shape index (κ2) is 8.88. The first kappa shape index (κ1) is 21.2. The van der Waals surface area contributed by atoms with Gasteiger partial charge < -0.3 is 24.1 Å². The van der Waals surface area contributed by atoms with Gasteiger partial charge >= 0.3 is 0 Å². The zero-order valence-corrected chi connectivity index (χ0v) is 17.3. The van der Waals surface area contributed by atoms with Crippen LogP contribution in [-0.2, 0) is 5.60 Å². The molecule has 0 radical (unpaired) electrons. The lowest BCUT2D eigenvalue weighted by Gasteiger charge is -2.29. The van der Waals surface area contributed by atoms with E-state index in [9.17, 15) is 9.90 Å². The van der Waals surface area contributed by atoms with Gasteiger partial charge in [0.25, 0.3) is 0 Å². The number of benzene rings is 3. The minimum atomic E-state index is -2.05. The normalized spacial score (nSPS) is 11.0. The number of carbonyl (C=O) groups is 1. The average Bonchev–Trinajstić information content (AvgIpc) is 2.82. The van der Waals surface area contributed by atoms with Crippen molar-refractivity contribution in [2.45, 2.75) is 5.60 Å². The molecule has 3 aromatic rings. The molecule has 0 aliphatic rings. The minimum absolute atomic E-state index is 0.294. The first-order chi connectivity index (χ1) is 14.5. The van der Waals surface area contributed by atoms with Crippen molar-refractivity contribution in [1.82, 2.24) is 0 Å². The van der Waals surface area contributed by atoms with Gasteiger partial charge in [-0.1, -0.05) is 30.3 Å². The van der Waals surface area contributed by atoms with E-state index < -0.39 is 11.4 Å². The number of aliphatic hydroxyl groups is 1. The zero-order valence-electron chi connectivity index (χ0n) is 17.3. The summed E-state index contributed by atoms with van der Waals surface area (Å²) < 4.78 is 21.4. The molecule has 0 spiro atoms. The van der Waals surface area contributed by atoms with Gasteiger partial charge in [-0.2, -0.15) is 0 Å². The van der Waals surface area contributed by atoms with Crippen molar-refractivity contribution in [2.24, 2.45) is 0 Å². The van der Waals surface area contributed by atoms with Crippen LogP contribution < -0.4 is 18.9 Å². The number of hydrogen-bond acceptors (Lipinski definition) is 6. The summed E-state index contributed by atoms with van der Waals surface area (Å²) in [4.78, 5) is 13.7. The Hall–Kier alpha value is -3.51. The number of ketones is 1. The lowest BCUT2D eigenvalue weighted by atomic mass is 9.79. The minimum Gasteiger partial charge on any atom is -0.497 e. The fraction of sp³-hybridized carbons (Fsp3) is 0.208. The molecule has 0 aliphatic carbocycles. The molecule has 156 valence electrons. The second-order valence-corrected chi connectivity index (χ2v) is 6.61. The molecule has 0 amide bonds. The molecule has 1 N–H and O–H groups in total. The topological polar surface area (TPSA) is 74.2 Å². The molecule has 0 bridgehead atoms. The number of carbonyl (C=O) groups excluding carboxylic acids is 1. The molecule has 0 aliphatic heterocycles. The standard InChI is InChI=1S/C24H24O6/c1-27-19-10-17(11-20(14-19)28-2)24(26,23(25)16-8-6-5-7-9-16)18-12-21(29-3)15-22(13-18)30-4/h5-15,26H,1-4H3. The summed E-state index contributed by atoms with van der Waals surface area (Å²) in [6.07, 6.45) is 0. The Labute approximate surface area is 175 Å². The van der Waals surface area contributed by atoms with Gasteiger partial charge in [0.15, 0.2) is 5.60 Å². The van der Waals surface area contributed by atoms with Crippen molar-refractivity contribution in [3.63, 3.8) is 0 Å². The van der Waals surface area contributed by atoms with Crippen molar-refractivity contribution in [2.75, 3.05) is 28.4 Å². The maximum atomic E-state index is 13.7. The highest BCUT2D eigenvalue weighted by Gasteiger charge is 2.42. The molecule has 0 heterocycles. The van der Waals surface area contributed by atoms with Crippen LogP contribution in [0.3, 0.4) is 0 Å². The molecule has 0 saturated heterocycles. The van der Waals surface area contributed by atoms with Gasteiger partial charge in [0.2, 0.25) is 5.78 Å². The smallest absolute Gasteiger partial charge is 0.203 e. The van der Waals surface area contributed by atoms with Crippen molar-refractivity contribution >= 4 is 5.78 Å². The van der Waals surface area contributed by atoms with Crippen molar-refractivity contribution in [3.8, 4) is 23.0 Å². The first-order valence-electron chi connectivity index (χ1n) is 9.25. The van der Waals surface area contributed by atoms with Gasteiger partial charge in [-0.25, -0.2) is 0 Å². The van der Waals surface area contributed by atoms with E-state index in [1.165, 1.54) is 28.4 Å². The van der Waals surface area contributed by atoms with Crippen LogP contribution in [0.4, 0.5) is 0 Å². The van der Waals surface area contributed by atoms with Crippen LogP contribution in [0.2, 0.25) is 0 Å². The first-order valence-corrected chi connectivity index (χ1v) is 9.25. The van der Waals surface area contributed by atoms with E-state index in [1.54, 1.807) is 66.7 Å². The molecule has 3 rings (SSSR count). The van der Waals surface area contributed by atoms with Crippen molar-refractivity contribution in [1.29, 1.82) is 0 Å². The van der Waals surface area contributed by atoms with Crippen molar-refractivity contribution < 1.29 is 28.8 Å². The SMILES string of the molecule is COc1cc(OC)cc(C(O)(C(=O)c2ccccc2)c2cc(OC)cc(OC)c2)c1. The van der Waals surface area contributed by atoms with E-state index in [0.717, 1.165) is 0 Å². The Kier molecular flexibility index (Phi) is 6.28. The Morgan fingerprint density at radius 1 is 0.667 bits per heavy atom. The Balaban J connectivity index is 2.32. The summed E-state index contributed by atoms with van der Waals surface area (Å²) in [5, 5.41) is 12.0. The molecule has 0 aromatic heterocycles. The molecule has 0 saturated carbocycles. The number of rotatable bonds is 8. The molecule has 3 aromatic carbocycles. The van der Waals surface area contributed by atoms with E-state index in [1.807, 2.05) is 0 Å². The summed E-state index contributed by atoms with van der Waals surface area (Å²) in [5.74, 6) is 1.27. The summed E-state index contributed by atoms with van der Waals surface area (Å²) in [6, 6.07) is 18.4. The van der Waals surface area contributed by atoms with E-state index >= 15 is 0 Å². The largest absolute Gasteiger partial charge is 0.497 e. The molecule has 0 fully saturated rings. The number of ether oxygens (including phenoxy) is 4. The maximum absolute atomic E-state index is 13.7. The number of Topliss-reactive ketones (excluding diaryl/α,β-unsaturated/α-hetero) is 1. The average molecular weight is 408 g/mol. The zero-order chi connectivity index (χ0) is 21.7. The van der Waals surface area contributed by atoms with Crippen LogP contribution in [0.1, 0.15) is 21.5 Å². The predicted molar refractivity (Wildman–Crippen MR) is 113 cm³/mol. The Bertz CT molecular complexity index is 929. The third-order valence-electron chi connectivity index (χ3n) is 4.90. The van der Waals surface area contributed by atoms with Crippen molar-refractivity contribution in [3.05, 3.63) is 83.4 Å². The van der Waals surface area contributed by atoms with E-state index in [-0.39, 0.29) is 0 Å². The molecule has 30 heavy (non-hydrogen) atoms. The quantitative estimate of drug-likeness (QED) is 0.571. The molecule has 0 unspecified atom stereocenters. The highest BCUT2D eigenvalue weighted by Crippen LogP contribution is 2.40. The van der Waals surface area contributed by atoms with Gasteiger partial charge in [-0.3, -0.25) is 4.79 Å². The van der Waals surface area contributed by atoms with Crippen LogP contribution in [0.15, 0.2) is 66.7 Å². The van der Waals surface area contributed by atoms with Crippen LogP contribution in [0.5, 0.6) is 23.0 Å². The molecule has 6 nitrogen and oxygen atoms in total. The van der Waals surface area contributed by atoms with Gasteiger partial charge in [0.05, 0.1) is 28.4 Å². The van der Waals surface area contributed by atoms with Crippen LogP contribution in [0, 0.1) is 0 Å². The monoisotopic (exact) mass is 408 g/mol. The van der Waals surface area contributed by atoms with E-state index in [2.05, 4.69) is 0 Å². The molecular formula is C24H24O6. The summed E-state index contributed by atoms with van der Waals surface area (Å²) in [6.45, 7) is 0. The van der Waals surface area contributed by atoms with Crippen LogP contribution in [-0.4, -0.2) is 39.3 Å². The predicted octanol–water partition coefficient (Wildman–Crippen LogP) is 3.84. The highest BCUT2D eigenvalue weighted by molar-refractivity contribution is 6.05. The number of methoxy groups -OCH3 is 4. The van der Waals surface area contributed by atoms with Gasteiger partial charge in [-0.05, 0) is 24.3 Å². The lowest BCUT2D eigenvalue weighted by molar-refractivity contribution is 0.0485. The Morgan fingerprint density at radius 3 is 1.37 bits per heavy atom. The summed E-state index contributed by atoms with van der Waals surface area (Å²) in [7, 11) is 6.02. The van der Waals surface area contributed by atoms with Gasteiger partial charge in [-0.15, -0.1) is 0 Å². The third kappa shape index (κ3) is 3.95. The van der Waals surface area contributed by atoms with Gasteiger partial charge in [0, 0.05) is 28.8 Å². The lowest BCUT2D eigenvalue weighted by Crippen LogP contribution is -2.37. The fourth-order valence-electron chi connectivity index (χ4n) is 3.26. The fourth-order valence-corrected chi connectivity index (χ4v) is 3.26. The van der Waals surface area contributed by atoms with Crippen LogP contribution >= 0.6 is 0 Å². The highest BCUT2D eigenvalue weighted by atomic mass is 16.5. The third-order valence-corrected chi connectivity index (χ3v) is 4.90. The van der Waals surface area contributed by atoms with Crippen LogP contribution in [0.25, 0.3) is 0 Å².